The van der Waals surface area contributed by atoms with Crippen molar-refractivity contribution in [3.63, 3.8) is 0 Å². The van der Waals surface area contributed by atoms with Crippen LogP contribution in [0.2, 0.25) is 0 Å². The summed E-state index contributed by atoms with van der Waals surface area (Å²) in [6, 6.07) is -0.730. The highest BCUT2D eigenvalue weighted by Gasteiger charge is 2.24. The van der Waals surface area contributed by atoms with Crippen molar-refractivity contribution in [3.05, 3.63) is 97.2 Å². The highest BCUT2D eigenvalue weighted by molar-refractivity contribution is 5.77. The molecule has 0 rings (SSSR count). The number of nitrogens with one attached hydrogen (secondary N) is 1. The molecule has 0 radical (unpaired) electrons. The Balaban J connectivity index is 4.78. The van der Waals surface area contributed by atoms with Crippen molar-refractivity contribution in [2.75, 3.05) is 6.61 Å². The minimum Gasteiger partial charge on any atom is -0.462 e. The van der Waals surface area contributed by atoms with Crippen LogP contribution < -0.4 is 5.32 Å². The van der Waals surface area contributed by atoms with Crippen LogP contribution in [0.3, 0.4) is 0 Å². The Labute approximate surface area is 382 Å². The summed E-state index contributed by atoms with van der Waals surface area (Å²) < 4.78 is 5.88. The van der Waals surface area contributed by atoms with E-state index in [9.17, 15) is 19.8 Å². The van der Waals surface area contributed by atoms with Gasteiger partial charge in [-0.3, -0.25) is 9.59 Å². The van der Waals surface area contributed by atoms with Gasteiger partial charge in [0.05, 0.1) is 25.2 Å². The number of aliphatic hydroxyl groups excluding tert-OH is 2. The second-order valence-corrected chi connectivity index (χ2v) is 16.8. The smallest absolute Gasteiger partial charge is 0.306 e. The van der Waals surface area contributed by atoms with Crippen LogP contribution in [-0.4, -0.2) is 46.9 Å². The number of amides is 1. The van der Waals surface area contributed by atoms with Crippen molar-refractivity contribution in [1.82, 2.24) is 5.32 Å². The van der Waals surface area contributed by atoms with E-state index in [0.29, 0.717) is 25.7 Å². The zero-order valence-corrected chi connectivity index (χ0v) is 40.2. The van der Waals surface area contributed by atoms with Crippen molar-refractivity contribution in [3.8, 4) is 0 Å². The number of rotatable bonds is 44. The second kappa shape index (κ2) is 48.8. The van der Waals surface area contributed by atoms with E-state index in [0.717, 1.165) is 89.9 Å². The molecule has 6 nitrogen and oxygen atoms in total. The molecular formula is C56H95NO5. The van der Waals surface area contributed by atoms with Gasteiger partial charge in [-0.1, -0.05) is 201 Å². The van der Waals surface area contributed by atoms with Crippen LogP contribution in [0.4, 0.5) is 0 Å². The third-order valence-electron chi connectivity index (χ3n) is 10.9. The maximum Gasteiger partial charge on any atom is 0.306 e. The van der Waals surface area contributed by atoms with Gasteiger partial charge >= 0.3 is 5.97 Å². The maximum atomic E-state index is 13.2. The number of hydrogen-bond donors (Lipinski definition) is 3. The summed E-state index contributed by atoms with van der Waals surface area (Å²) in [6.07, 6.45) is 64.7. The Morgan fingerprint density at radius 2 is 0.871 bits per heavy atom. The first-order chi connectivity index (χ1) is 30.5. The number of carbonyl (C=O) groups is 2. The number of hydrogen-bond acceptors (Lipinski definition) is 5. The summed E-state index contributed by atoms with van der Waals surface area (Å²) in [5, 5.41) is 23.7. The van der Waals surface area contributed by atoms with E-state index in [1.54, 1.807) is 0 Å². The standard InChI is InChI=1S/C56H95NO5/c1-4-7-10-13-16-19-22-24-26-27-29-31-34-37-40-43-46-49-56(61)62-52(47-44-41-38-35-33-30-28-25-23-20-17-14-11-8-5-2)50-55(60)57-53(51-58)54(59)48-45-42-39-36-32-21-18-15-12-9-6-3/h7,10,16-17,19-20,24-26,28-29,31,33,35,37,40,52-54,58-59H,4-6,8-9,11-15,18,21-23,27,30,32,34,36,38-39,41-51H2,1-3H3,(H,57,60)/b10-7-,19-16-,20-17-,26-24-,28-25-,31-29-,35-33-,40-37-. The maximum absolute atomic E-state index is 13.2. The molecule has 354 valence electrons. The van der Waals surface area contributed by atoms with Crippen LogP contribution in [0, 0.1) is 0 Å². The molecule has 6 heteroatoms. The Kier molecular flexibility index (Phi) is 46.3. The normalized spacial score (nSPS) is 14.1. The van der Waals surface area contributed by atoms with Gasteiger partial charge in [0, 0.05) is 6.42 Å². The van der Waals surface area contributed by atoms with E-state index in [1.165, 1.54) is 77.0 Å². The van der Waals surface area contributed by atoms with Gasteiger partial charge in [-0.2, -0.15) is 0 Å². The van der Waals surface area contributed by atoms with Crippen LogP contribution in [0.5, 0.6) is 0 Å². The number of unbranched alkanes of at least 4 members (excludes halogenated alkanes) is 16. The van der Waals surface area contributed by atoms with E-state index in [1.807, 2.05) is 0 Å². The highest BCUT2D eigenvalue weighted by atomic mass is 16.5. The minimum atomic E-state index is -0.812. The molecule has 0 aliphatic heterocycles. The summed E-state index contributed by atoms with van der Waals surface area (Å²) in [5.41, 5.74) is 0. The summed E-state index contributed by atoms with van der Waals surface area (Å²) in [4.78, 5) is 26.1. The molecule has 0 aliphatic rings. The molecule has 62 heavy (non-hydrogen) atoms. The molecule has 3 N–H and O–H groups in total. The fraction of sp³-hybridized carbons (Fsp3) is 0.679. The van der Waals surface area contributed by atoms with E-state index in [-0.39, 0.29) is 24.9 Å². The predicted octanol–water partition coefficient (Wildman–Crippen LogP) is 15.3. The molecule has 0 aromatic rings. The molecular weight excluding hydrogens is 767 g/mol. The van der Waals surface area contributed by atoms with Crippen LogP contribution >= 0.6 is 0 Å². The zero-order valence-electron chi connectivity index (χ0n) is 40.2. The topological polar surface area (TPSA) is 95.9 Å². The monoisotopic (exact) mass is 862 g/mol. The lowest BCUT2D eigenvalue weighted by molar-refractivity contribution is -0.151. The molecule has 0 heterocycles. The SMILES string of the molecule is CC/C=C\C/C=C\C/C=C\C/C=C\C/C=C\CCCC(=O)OC(CCCC/C=C\C/C=C\C/C=C\CCCCC)CC(=O)NC(CO)C(O)CCCCCCCCCCCCC. The van der Waals surface area contributed by atoms with Crippen molar-refractivity contribution >= 4 is 11.9 Å². The van der Waals surface area contributed by atoms with E-state index in [4.69, 9.17) is 4.74 Å². The van der Waals surface area contributed by atoms with Crippen molar-refractivity contribution in [2.24, 2.45) is 0 Å². The van der Waals surface area contributed by atoms with Gasteiger partial charge in [0.15, 0.2) is 0 Å². The highest BCUT2D eigenvalue weighted by Crippen LogP contribution is 2.16. The van der Waals surface area contributed by atoms with Crippen LogP contribution in [0.15, 0.2) is 97.2 Å². The molecule has 0 fully saturated rings. The lowest BCUT2D eigenvalue weighted by atomic mass is 10.0. The van der Waals surface area contributed by atoms with Gasteiger partial charge in [0.25, 0.3) is 0 Å². The van der Waals surface area contributed by atoms with Gasteiger partial charge in [0.1, 0.15) is 6.10 Å². The minimum absolute atomic E-state index is 0.0237. The lowest BCUT2D eigenvalue weighted by Crippen LogP contribution is -2.46. The first-order valence-corrected chi connectivity index (χ1v) is 25.5. The van der Waals surface area contributed by atoms with Crippen molar-refractivity contribution in [2.45, 2.75) is 238 Å². The molecule has 0 aromatic heterocycles. The first-order valence-electron chi connectivity index (χ1n) is 25.5. The fourth-order valence-electron chi connectivity index (χ4n) is 7.06. The van der Waals surface area contributed by atoms with Gasteiger partial charge in [0.2, 0.25) is 5.91 Å². The molecule has 0 bridgehead atoms. The van der Waals surface area contributed by atoms with Gasteiger partial charge < -0.3 is 20.3 Å². The first kappa shape index (κ1) is 58.8. The average Bonchev–Trinajstić information content (AvgIpc) is 3.26. The van der Waals surface area contributed by atoms with Gasteiger partial charge in [-0.05, 0) is 103 Å². The summed E-state index contributed by atoms with van der Waals surface area (Å²) in [7, 11) is 0. The molecule has 0 saturated heterocycles. The number of allylic oxidation sites excluding steroid dienone is 16. The molecule has 0 aliphatic carbocycles. The van der Waals surface area contributed by atoms with E-state index < -0.39 is 18.2 Å². The molecule has 3 unspecified atom stereocenters. The number of ether oxygens (including phenoxy) is 1. The van der Waals surface area contributed by atoms with Crippen LogP contribution in [0.1, 0.15) is 220 Å². The number of aliphatic hydroxyl groups is 2. The Morgan fingerprint density at radius 3 is 1.34 bits per heavy atom. The third kappa shape index (κ3) is 43.4. The average molecular weight is 862 g/mol. The molecule has 0 aromatic carbocycles. The fourth-order valence-corrected chi connectivity index (χ4v) is 7.06. The summed E-state index contributed by atoms with van der Waals surface area (Å²) >= 11 is 0. The summed E-state index contributed by atoms with van der Waals surface area (Å²) in [6.45, 7) is 6.30. The van der Waals surface area contributed by atoms with E-state index >= 15 is 0 Å². The van der Waals surface area contributed by atoms with Crippen molar-refractivity contribution in [1.29, 1.82) is 0 Å². The zero-order chi connectivity index (χ0) is 45.2. The Hall–Kier alpha value is -3.22. The third-order valence-corrected chi connectivity index (χ3v) is 10.9. The molecule has 3 atom stereocenters. The molecule has 0 spiro atoms. The van der Waals surface area contributed by atoms with Gasteiger partial charge in [-0.15, -0.1) is 0 Å². The molecule has 1 amide bonds. The Bertz CT molecular complexity index is 1240. The largest absolute Gasteiger partial charge is 0.462 e. The second-order valence-electron chi connectivity index (χ2n) is 16.8. The molecule has 0 saturated carbocycles. The number of esters is 1. The Morgan fingerprint density at radius 1 is 0.484 bits per heavy atom. The van der Waals surface area contributed by atoms with Gasteiger partial charge in [-0.25, -0.2) is 0 Å². The van der Waals surface area contributed by atoms with Crippen LogP contribution in [-0.2, 0) is 14.3 Å². The van der Waals surface area contributed by atoms with Crippen molar-refractivity contribution < 1.29 is 24.5 Å². The van der Waals surface area contributed by atoms with E-state index in [2.05, 4.69) is 123 Å². The number of carbonyl (C=O) groups excluding carboxylic acids is 2. The van der Waals surface area contributed by atoms with Crippen LogP contribution in [0.25, 0.3) is 0 Å². The quantitative estimate of drug-likeness (QED) is 0.0322. The summed E-state index contributed by atoms with van der Waals surface area (Å²) in [5.74, 6) is -0.589. The predicted molar refractivity (Wildman–Crippen MR) is 268 cm³/mol. The lowest BCUT2D eigenvalue weighted by Gasteiger charge is -2.24.